The van der Waals surface area contributed by atoms with Crippen molar-refractivity contribution in [3.8, 4) is 0 Å². The standard InChI is InChI=1S/C24H29Cl2N7O3S/c1-15-13-32(9-10-33(15)24(36)28-17-6-4-5-16(25)11-17)20-12-19(26)30-23(31-20)37-14-21(34)29-18-7-2-3-8-27-22(18)35/h4-6,11-12,15,18H,2-3,7-10,13-14H2,1H3,(H,27,35)(H,28,36)(H,29,34)/t15-,18+/m0/s1. The second kappa shape index (κ2) is 12.7. The summed E-state index contributed by atoms with van der Waals surface area (Å²) in [4.78, 5) is 50.0. The first-order valence-electron chi connectivity index (χ1n) is 12.1. The summed E-state index contributed by atoms with van der Waals surface area (Å²) in [6, 6.07) is 7.91. The van der Waals surface area contributed by atoms with Gasteiger partial charge >= 0.3 is 6.03 Å². The number of benzene rings is 1. The smallest absolute Gasteiger partial charge is 0.322 e. The zero-order chi connectivity index (χ0) is 26.4. The molecule has 2 fully saturated rings. The summed E-state index contributed by atoms with van der Waals surface area (Å²) in [5.74, 6) is 0.293. The summed E-state index contributed by atoms with van der Waals surface area (Å²) in [7, 11) is 0. The number of rotatable bonds is 6. The van der Waals surface area contributed by atoms with Crippen LogP contribution in [0.25, 0.3) is 0 Å². The topological polar surface area (TPSA) is 120 Å². The number of piperazine rings is 1. The monoisotopic (exact) mass is 565 g/mol. The molecular weight excluding hydrogens is 537 g/mol. The van der Waals surface area contributed by atoms with Crippen molar-refractivity contribution in [2.45, 2.75) is 43.4 Å². The highest BCUT2D eigenvalue weighted by molar-refractivity contribution is 7.99. The molecule has 1 aromatic heterocycles. The van der Waals surface area contributed by atoms with Crippen molar-refractivity contribution in [1.82, 2.24) is 25.5 Å². The molecule has 198 valence electrons. The SMILES string of the molecule is C[C@H]1CN(c2cc(Cl)nc(SCC(=O)N[C@@H]3CCCCNC3=O)n2)CCN1C(=O)Nc1cccc(Cl)c1. The van der Waals surface area contributed by atoms with Crippen LogP contribution >= 0.6 is 35.0 Å². The highest BCUT2D eigenvalue weighted by Crippen LogP contribution is 2.25. The van der Waals surface area contributed by atoms with Crippen molar-refractivity contribution < 1.29 is 14.4 Å². The lowest BCUT2D eigenvalue weighted by atomic mass is 10.1. The maximum atomic E-state index is 12.8. The summed E-state index contributed by atoms with van der Waals surface area (Å²) >= 11 is 13.4. The van der Waals surface area contributed by atoms with E-state index in [-0.39, 0.29) is 34.8 Å². The maximum Gasteiger partial charge on any atom is 0.322 e. The molecule has 1 aromatic carbocycles. The van der Waals surface area contributed by atoms with E-state index in [1.165, 1.54) is 0 Å². The molecular formula is C24H29Cl2N7O3S. The van der Waals surface area contributed by atoms with Crippen LogP contribution in [0.3, 0.4) is 0 Å². The number of hydrogen-bond donors (Lipinski definition) is 3. The second-order valence-electron chi connectivity index (χ2n) is 8.96. The van der Waals surface area contributed by atoms with Crippen LogP contribution in [0.4, 0.5) is 16.3 Å². The Hall–Kier alpha value is -2.76. The van der Waals surface area contributed by atoms with Crippen LogP contribution in [0.1, 0.15) is 26.2 Å². The number of carbonyl (C=O) groups excluding carboxylic acids is 3. The predicted octanol–water partition coefficient (Wildman–Crippen LogP) is 3.40. The van der Waals surface area contributed by atoms with Gasteiger partial charge in [0.15, 0.2) is 5.16 Å². The second-order valence-corrected chi connectivity index (χ2v) is 10.7. The number of carbonyl (C=O) groups is 3. The van der Waals surface area contributed by atoms with Gasteiger partial charge in [-0.05, 0) is 44.4 Å². The summed E-state index contributed by atoms with van der Waals surface area (Å²) in [5.41, 5.74) is 0.639. The van der Waals surface area contributed by atoms with Crippen LogP contribution in [0, 0.1) is 0 Å². The fourth-order valence-corrected chi connectivity index (χ4v) is 5.37. The Bertz CT molecular complexity index is 1160. The fraction of sp³-hybridized carbons (Fsp3) is 0.458. The molecule has 37 heavy (non-hydrogen) atoms. The summed E-state index contributed by atoms with van der Waals surface area (Å²) in [5, 5.41) is 9.69. The Balaban J connectivity index is 1.32. The number of amides is 4. The lowest BCUT2D eigenvalue weighted by Gasteiger charge is -2.40. The molecule has 0 radical (unpaired) electrons. The number of hydrogen-bond acceptors (Lipinski definition) is 7. The first-order chi connectivity index (χ1) is 17.8. The molecule has 0 aliphatic carbocycles. The van der Waals surface area contributed by atoms with Crippen molar-refractivity contribution in [2.24, 2.45) is 0 Å². The van der Waals surface area contributed by atoms with E-state index in [0.717, 1.165) is 24.6 Å². The van der Waals surface area contributed by atoms with Crippen molar-refractivity contribution >= 4 is 64.3 Å². The summed E-state index contributed by atoms with van der Waals surface area (Å²) in [6.07, 6.45) is 2.41. The number of nitrogens with one attached hydrogen (secondary N) is 3. The normalized spacial score (nSPS) is 20.1. The average Bonchev–Trinajstić information content (AvgIpc) is 3.06. The van der Waals surface area contributed by atoms with Gasteiger partial charge in [-0.3, -0.25) is 9.59 Å². The van der Waals surface area contributed by atoms with Crippen LogP contribution in [0.2, 0.25) is 10.2 Å². The lowest BCUT2D eigenvalue weighted by Crippen LogP contribution is -2.55. The van der Waals surface area contributed by atoms with Crippen LogP contribution in [-0.2, 0) is 9.59 Å². The van der Waals surface area contributed by atoms with E-state index in [2.05, 4.69) is 25.9 Å². The molecule has 0 bridgehead atoms. The summed E-state index contributed by atoms with van der Waals surface area (Å²) in [6.45, 7) is 4.21. The van der Waals surface area contributed by atoms with Crippen molar-refractivity contribution in [2.75, 3.05) is 42.1 Å². The van der Waals surface area contributed by atoms with Crippen molar-refractivity contribution in [3.63, 3.8) is 0 Å². The average molecular weight is 567 g/mol. The van der Waals surface area contributed by atoms with Gasteiger partial charge in [-0.1, -0.05) is 41.0 Å². The molecule has 0 spiro atoms. The first kappa shape index (κ1) is 27.3. The highest BCUT2D eigenvalue weighted by atomic mass is 35.5. The third kappa shape index (κ3) is 7.62. The van der Waals surface area contributed by atoms with Gasteiger partial charge in [-0.25, -0.2) is 14.8 Å². The van der Waals surface area contributed by atoms with E-state index in [1.54, 1.807) is 35.2 Å². The lowest BCUT2D eigenvalue weighted by molar-refractivity contribution is -0.127. The van der Waals surface area contributed by atoms with E-state index >= 15 is 0 Å². The van der Waals surface area contributed by atoms with Crippen molar-refractivity contribution in [3.05, 3.63) is 40.5 Å². The Morgan fingerprint density at radius 2 is 2.03 bits per heavy atom. The number of urea groups is 1. The third-order valence-electron chi connectivity index (χ3n) is 6.15. The maximum absolute atomic E-state index is 12.8. The number of aromatic nitrogens is 2. The molecule has 13 heteroatoms. The molecule has 10 nitrogen and oxygen atoms in total. The minimum Gasteiger partial charge on any atom is -0.354 e. The molecule has 4 rings (SSSR count). The number of halogens is 2. The van der Waals surface area contributed by atoms with Gasteiger partial charge in [0, 0.05) is 49.0 Å². The van der Waals surface area contributed by atoms with Gasteiger partial charge in [0.05, 0.1) is 5.75 Å². The number of anilines is 2. The largest absolute Gasteiger partial charge is 0.354 e. The van der Waals surface area contributed by atoms with Crippen molar-refractivity contribution in [1.29, 1.82) is 0 Å². The molecule has 2 aliphatic rings. The van der Waals surface area contributed by atoms with Gasteiger partial charge in [0.25, 0.3) is 0 Å². The van der Waals surface area contributed by atoms with E-state index in [9.17, 15) is 14.4 Å². The minimum atomic E-state index is -0.514. The van der Waals surface area contributed by atoms with Gasteiger partial charge < -0.3 is 25.8 Å². The molecule has 0 saturated carbocycles. The minimum absolute atomic E-state index is 0.0669. The van der Waals surface area contributed by atoms with Gasteiger partial charge in [0.1, 0.15) is 17.0 Å². The molecule has 4 amide bonds. The van der Waals surface area contributed by atoms with Gasteiger partial charge in [-0.15, -0.1) is 0 Å². The predicted molar refractivity (Wildman–Crippen MR) is 145 cm³/mol. The van der Waals surface area contributed by atoms with Crippen LogP contribution in [0.5, 0.6) is 0 Å². The van der Waals surface area contributed by atoms with Gasteiger partial charge in [-0.2, -0.15) is 0 Å². The number of nitrogens with zero attached hydrogens (tertiary/aromatic N) is 4. The zero-order valence-corrected chi connectivity index (χ0v) is 22.7. The van der Waals surface area contributed by atoms with E-state index in [0.29, 0.717) is 54.3 Å². The van der Waals surface area contributed by atoms with Crippen LogP contribution in [0.15, 0.2) is 35.5 Å². The third-order valence-corrected chi connectivity index (χ3v) is 7.43. The molecule has 2 aromatic rings. The van der Waals surface area contributed by atoms with E-state index < -0.39 is 6.04 Å². The summed E-state index contributed by atoms with van der Waals surface area (Å²) < 4.78 is 0. The Morgan fingerprint density at radius 1 is 1.19 bits per heavy atom. The molecule has 2 atom stereocenters. The Labute approximate surface area is 229 Å². The van der Waals surface area contributed by atoms with E-state index in [4.69, 9.17) is 23.2 Å². The highest BCUT2D eigenvalue weighted by Gasteiger charge is 2.29. The first-order valence-corrected chi connectivity index (χ1v) is 13.9. The molecule has 2 saturated heterocycles. The molecule has 2 aliphatic heterocycles. The molecule has 0 unspecified atom stereocenters. The Morgan fingerprint density at radius 3 is 2.81 bits per heavy atom. The van der Waals surface area contributed by atoms with Crippen LogP contribution < -0.4 is 20.9 Å². The quantitative estimate of drug-likeness (QED) is 0.279. The zero-order valence-electron chi connectivity index (χ0n) is 20.4. The molecule has 3 N–H and O–H groups in total. The van der Waals surface area contributed by atoms with Gasteiger partial charge in [0.2, 0.25) is 11.8 Å². The number of thioether (sulfide) groups is 1. The van der Waals surface area contributed by atoms with Crippen LogP contribution in [-0.4, -0.2) is 76.7 Å². The fourth-order valence-electron chi connectivity index (χ4n) is 4.28. The van der Waals surface area contributed by atoms with E-state index in [1.807, 2.05) is 11.8 Å². The Kier molecular flexibility index (Phi) is 9.33. The molecule has 3 heterocycles.